The molecular formula is C18H29NO4. The van der Waals surface area contributed by atoms with E-state index in [1.807, 2.05) is 6.92 Å². The van der Waals surface area contributed by atoms with Gasteiger partial charge in [0.1, 0.15) is 0 Å². The van der Waals surface area contributed by atoms with Crippen molar-refractivity contribution in [3.63, 3.8) is 0 Å². The van der Waals surface area contributed by atoms with E-state index in [-0.39, 0.29) is 23.9 Å². The number of rotatable bonds is 12. The SMILES string of the molecule is C=C(CC(CC(C#N)CCCC)C(=O)OCCCC)C(=O)OC. The summed E-state index contributed by atoms with van der Waals surface area (Å²) in [5, 5.41) is 9.27. The van der Waals surface area contributed by atoms with Crippen LogP contribution in [0.15, 0.2) is 12.2 Å². The number of carbonyl (C=O) groups is 2. The van der Waals surface area contributed by atoms with Crippen LogP contribution in [0.1, 0.15) is 58.8 Å². The van der Waals surface area contributed by atoms with Crippen LogP contribution < -0.4 is 0 Å². The predicted molar refractivity (Wildman–Crippen MR) is 88.4 cm³/mol. The van der Waals surface area contributed by atoms with Gasteiger partial charge < -0.3 is 9.47 Å². The predicted octanol–water partition coefficient (Wildman–Crippen LogP) is 3.79. The molecule has 0 amide bonds. The molecule has 0 aromatic rings. The molecule has 0 N–H and O–H groups in total. The summed E-state index contributed by atoms with van der Waals surface area (Å²) in [4.78, 5) is 23.8. The van der Waals surface area contributed by atoms with Gasteiger partial charge in [-0.3, -0.25) is 4.79 Å². The number of carbonyl (C=O) groups excluding carboxylic acids is 2. The van der Waals surface area contributed by atoms with Crippen LogP contribution in [0.5, 0.6) is 0 Å². The van der Waals surface area contributed by atoms with Gasteiger partial charge in [0.25, 0.3) is 0 Å². The quantitative estimate of drug-likeness (QED) is 0.310. The van der Waals surface area contributed by atoms with Gasteiger partial charge in [-0.25, -0.2) is 4.79 Å². The average Bonchev–Trinajstić information content (AvgIpc) is 2.56. The van der Waals surface area contributed by atoms with Crippen molar-refractivity contribution in [2.24, 2.45) is 11.8 Å². The molecule has 0 radical (unpaired) electrons. The van der Waals surface area contributed by atoms with E-state index < -0.39 is 11.9 Å². The largest absolute Gasteiger partial charge is 0.466 e. The van der Waals surface area contributed by atoms with Crippen molar-refractivity contribution in [2.75, 3.05) is 13.7 Å². The highest BCUT2D eigenvalue weighted by Crippen LogP contribution is 2.24. The Kier molecular flexibility index (Phi) is 11.7. The molecule has 0 fully saturated rings. The molecule has 0 aromatic heterocycles. The van der Waals surface area contributed by atoms with Crippen molar-refractivity contribution < 1.29 is 19.1 Å². The Morgan fingerprint density at radius 1 is 1.22 bits per heavy atom. The third-order valence-electron chi connectivity index (χ3n) is 3.70. The molecule has 0 rings (SSSR count). The fourth-order valence-electron chi connectivity index (χ4n) is 2.25. The highest BCUT2D eigenvalue weighted by atomic mass is 16.5. The summed E-state index contributed by atoms with van der Waals surface area (Å²) in [6, 6.07) is 2.25. The Balaban J connectivity index is 4.83. The van der Waals surface area contributed by atoms with Gasteiger partial charge >= 0.3 is 11.9 Å². The molecule has 130 valence electrons. The Morgan fingerprint density at radius 3 is 2.39 bits per heavy atom. The van der Waals surface area contributed by atoms with E-state index >= 15 is 0 Å². The van der Waals surface area contributed by atoms with Gasteiger partial charge in [-0.2, -0.15) is 5.26 Å². The van der Waals surface area contributed by atoms with Crippen LogP contribution in [0, 0.1) is 23.2 Å². The van der Waals surface area contributed by atoms with Gasteiger partial charge in [0, 0.05) is 11.5 Å². The number of nitriles is 1. The maximum absolute atomic E-state index is 12.3. The molecule has 23 heavy (non-hydrogen) atoms. The molecule has 2 atom stereocenters. The Bertz CT molecular complexity index is 425. The van der Waals surface area contributed by atoms with Crippen LogP contribution in [0.4, 0.5) is 0 Å². The molecule has 2 unspecified atom stereocenters. The first-order valence-electron chi connectivity index (χ1n) is 8.32. The summed E-state index contributed by atoms with van der Waals surface area (Å²) >= 11 is 0. The Labute approximate surface area is 139 Å². The van der Waals surface area contributed by atoms with Gasteiger partial charge in [0.05, 0.1) is 25.7 Å². The fraction of sp³-hybridized carbons (Fsp3) is 0.722. The fourth-order valence-corrected chi connectivity index (χ4v) is 2.25. The second kappa shape index (κ2) is 12.7. The van der Waals surface area contributed by atoms with Crippen LogP contribution in [0.2, 0.25) is 0 Å². The van der Waals surface area contributed by atoms with Gasteiger partial charge in [-0.05, 0) is 25.7 Å². The third kappa shape index (κ3) is 9.02. The smallest absolute Gasteiger partial charge is 0.333 e. The lowest BCUT2D eigenvalue weighted by molar-refractivity contribution is -0.149. The summed E-state index contributed by atoms with van der Waals surface area (Å²) in [5.74, 6) is -1.64. The number of unbranched alkanes of at least 4 members (excludes halogenated alkanes) is 2. The van der Waals surface area contributed by atoms with Crippen LogP contribution >= 0.6 is 0 Å². The van der Waals surface area contributed by atoms with Crippen molar-refractivity contribution >= 4 is 11.9 Å². The van der Waals surface area contributed by atoms with Crippen LogP contribution in [0.25, 0.3) is 0 Å². The molecule has 5 heteroatoms. The van der Waals surface area contributed by atoms with Crippen LogP contribution in [0.3, 0.4) is 0 Å². The monoisotopic (exact) mass is 323 g/mol. The molecule has 0 aromatic carbocycles. The second-order valence-electron chi connectivity index (χ2n) is 5.72. The van der Waals surface area contributed by atoms with E-state index in [4.69, 9.17) is 4.74 Å². The molecule has 0 bridgehead atoms. The minimum absolute atomic E-state index is 0.169. The maximum atomic E-state index is 12.3. The van der Waals surface area contributed by atoms with Crippen molar-refractivity contribution in [3.05, 3.63) is 12.2 Å². The number of hydrogen-bond donors (Lipinski definition) is 0. The normalized spacial score (nSPS) is 12.8. The van der Waals surface area contributed by atoms with E-state index in [2.05, 4.69) is 24.3 Å². The first kappa shape index (κ1) is 21.2. The lowest BCUT2D eigenvalue weighted by atomic mass is 9.87. The summed E-state index contributed by atoms with van der Waals surface area (Å²) in [6.45, 7) is 8.11. The number of esters is 2. The van der Waals surface area contributed by atoms with E-state index in [0.717, 1.165) is 32.1 Å². The molecule has 0 spiro atoms. The maximum Gasteiger partial charge on any atom is 0.333 e. The molecule has 0 saturated carbocycles. The van der Waals surface area contributed by atoms with Gasteiger partial charge in [-0.1, -0.05) is 39.7 Å². The first-order valence-corrected chi connectivity index (χ1v) is 8.32. The van der Waals surface area contributed by atoms with E-state index in [1.165, 1.54) is 7.11 Å². The molecule has 0 saturated heterocycles. The van der Waals surface area contributed by atoms with Gasteiger partial charge in [-0.15, -0.1) is 0 Å². The average molecular weight is 323 g/mol. The second-order valence-corrected chi connectivity index (χ2v) is 5.72. The standard InChI is InChI=1S/C18H29NO4/c1-5-7-9-15(13-19)12-16(11-14(3)17(20)22-4)18(21)23-10-8-6-2/h15-16H,3,5-12H2,1-2,4H3. The molecule has 0 aliphatic carbocycles. The highest BCUT2D eigenvalue weighted by molar-refractivity contribution is 5.88. The van der Waals surface area contributed by atoms with Crippen molar-refractivity contribution in [3.8, 4) is 6.07 Å². The number of methoxy groups -OCH3 is 1. The van der Waals surface area contributed by atoms with Gasteiger partial charge in [0.2, 0.25) is 0 Å². The zero-order valence-electron chi connectivity index (χ0n) is 14.6. The van der Waals surface area contributed by atoms with Crippen molar-refractivity contribution in [1.29, 1.82) is 5.26 Å². The highest BCUT2D eigenvalue weighted by Gasteiger charge is 2.27. The first-order chi connectivity index (χ1) is 11.0. The number of hydrogen-bond acceptors (Lipinski definition) is 5. The summed E-state index contributed by atoms with van der Waals surface area (Å²) in [6.07, 6.45) is 4.97. The molecule has 0 aliphatic rings. The minimum atomic E-state index is -0.529. The lowest BCUT2D eigenvalue weighted by Gasteiger charge is -2.19. The summed E-state index contributed by atoms with van der Waals surface area (Å²) in [5.41, 5.74) is 0.233. The molecular weight excluding hydrogens is 294 g/mol. The van der Waals surface area contributed by atoms with Crippen molar-refractivity contribution in [1.82, 2.24) is 0 Å². The van der Waals surface area contributed by atoms with Crippen LogP contribution in [-0.2, 0) is 19.1 Å². The molecule has 5 nitrogen and oxygen atoms in total. The zero-order valence-corrected chi connectivity index (χ0v) is 14.6. The minimum Gasteiger partial charge on any atom is -0.466 e. The topological polar surface area (TPSA) is 76.4 Å². The summed E-state index contributed by atoms with van der Waals surface area (Å²) in [7, 11) is 1.28. The molecule has 0 heterocycles. The zero-order chi connectivity index (χ0) is 17.7. The third-order valence-corrected chi connectivity index (χ3v) is 3.70. The van der Waals surface area contributed by atoms with Gasteiger partial charge in [0.15, 0.2) is 0 Å². The van der Waals surface area contributed by atoms with Crippen molar-refractivity contribution in [2.45, 2.75) is 58.8 Å². The van der Waals surface area contributed by atoms with E-state index in [1.54, 1.807) is 0 Å². The molecule has 0 aliphatic heterocycles. The lowest BCUT2D eigenvalue weighted by Crippen LogP contribution is -2.23. The Morgan fingerprint density at radius 2 is 1.87 bits per heavy atom. The Hall–Kier alpha value is -1.83. The van der Waals surface area contributed by atoms with Crippen LogP contribution in [-0.4, -0.2) is 25.7 Å². The number of ether oxygens (including phenoxy) is 2. The number of nitrogens with zero attached hydrogens (tertiary/aromatic N) is 1. The van der Waals surface area contributed by atoms with E-state index in [0.29, 0.717) is 13.0 Å². The van der Waals surface area contributed by atoms with E-state index in [9.17, 15) is 14.9 Å². The summed E-state index contributed by atoms with van der Waals surface area (Å²) < 4.78 is 9.90.